The number of ether oxygens (including phenoxy) is 1. The highest BCUT2D eigenvalue weighted by molar-refractivity contribution is 5.41. The average Bonchev–Trinajstić information content (AvgIpc) is 2.39. The van der Waals surface area contributed by atoms with E-state index in [1.165, 1.54) is 17.7 Å². The van der Waals surface area contributed by atoms with Gasteiger partial charge in [-0.3, -0.25) is 0 Å². The van der Waals surface area contributed by atoms with Gasteiger partial charge in [-0.1, -0.05) is 29.8 Å². The molecule has 1 aliphatic heterocycles. The summed E-state index contributed by atoms with van der Waals surface area (Å²) in [4.78, 5) is 0. The Balaban J connectivity index is 1.95. The van der Waals surface area contributed by atoms with E-state index in [-0.39, 0.29) is 18.0 Å². The Morgan fingerprint density at radius 1 is 1.21 bits per heavy atom. The Hall–Kier alpha value is -1.87. The van der Waals surface area contributed by atoms with Gasteiger partial charge in [-0.25, -0.2) is 4.39 Å². The van der Waals surface area contributed by atoms with Crippen LogP contribution in [0.3, 0.4) is 0 Å². The zero-order valence-electron chi connectivity index (χ0n) is 10.8. The average molecular weight is 257 g/mol. The van der Waals surface area contributed by atoms with E-state index in [4.69, 9.17) is 10.5 Å². The second-order valence-corrected chi connectivity index (χ2v) is 5.04. The second kappa shape index (κ2) is 4.67. The van der Waals surface area contributed by atoms with Gasteiger partial charge < -0.3 is 10.5 Å². The SMILES string of the molecule is Cc1ccc2c(c1)[C@@H](N)CC(c1cccc(F)c1)O2. The molecule has 98 valence electrons. The molecule has 3 rings (SSSR count). The molecule has 1 unspecified atom stereocenters. The molecular formula is C16H16FNO. The molecule has 1 heterocycles. The largest absolute Gasteiger partial charge is 0.485 e. The van der Waals surface area contributed by atoms with Crippen LogP contribution in [0.25, 0.3) is 0 Å². The Labute approximate surface area is 112 Å². The topological polar surface area (TPSA) is 35.2 Å². The predicted molar refractivity (Wildman–Crippen MR) is 72.5 cm³/mol. The summed E-state index contributed by atoms with van der Waals surface area (Å²) < 4.78 is 19.2. The zero-order valence-corrected chi connectivity index (χ0v) is 10.8. The van der Waals surface area contributed by atoms with Crippen molar-refractivity contribution in [3.63, 3.8) is 0 Å². The van der Waals surface area contributed by atoms with Gasteiger partial charge in [0.1, 0.15) is 17.7 Å². The number of nitrogens with two attached hydrogens (primary N) is 1. The van der Waals surface area contributed by atoms with Crippen LogP contribution in [0.1, 0.15) is 35.3 Å². The number of halogens is 1. The molecule has 0 fully saturated rings. The van der Waals surface area contributed by atoms with Crippen LogP contribution in [0.4, 0.5) is 4.39 Å². The van der Waals surface area contributed by atoms with Crippen molar-refractivity contribution in [1.82, 2.24) is 0 Å². The molecule has 2 N–H and O–H groups in total. The number of benzene rings is 2. The van der Waals surface area contributed by atoms with Gasteiger partial charge in [0.25, 0.3) is 0 Å². The van der Waals surface area contributed by atoms with Gasteiger partial charge >= 0.3 is 0 Å². The number of hydrogen-bond acceptors (Lipinski definition) is 2. The quantitative estimate of drug-likeness (QED) is 0.846. The summed E-state index contributed by atoms with van der Waals surface area (Å²) in [6.07, 6.45) is 0.487. The Morgan fingerprint density at radius 2 is 2.05 bits per heavy atom. The standard InChI is InChI=1S/C16H16FNO/c1-10-5-6-15-13(7-10)14(18)9-16(19-15)11-3-2-4-12(17)8-11/h2-8,14,16H,9,18H2,1H3/t14-,16?/m0/s1. The third-order valence-corrected chi connectivity index (χ3v) is 3.52. The summed E-state index contributed by atoms with van der Waals surface area (Å²) in [5.74, 6) is 0.558. The minimum absolute atomic E-state index is 0.0723. The number of aryl methyl sites for hydroxylation is 1. The van der Waals surface area contributed by atoms with E-state index in [0.717, 1.165) is 16.9 Å². The molecule has 0 spiro atoms. The minimum Gasteiger partial charge on any atom is -0.485 e. The van der Waals surface area contributed by atoms with Crippen molar-refractivity contribution in [3.05, 3.63) is 65.0 Å². The molecule has 0 saturated carbocycles. The normalized spacial score (nSPS) is 21.6. The highest BCUT2D eigenvalue weighted by atomic mass is 19.1. The molecule has 2 nitrogen and oxygen atoms in total. The van der Waals surface area contributed by atoms with Crippen LogP contribution in [-0.2, 0) is 0 Å². The van der Waals surface area contributed by atoms with Crippen LogP contribution in [0.5, 0.6) is 5.75 Å². The Kier molecular flexibility index (Phi) is 2.99. The molecule has 0 radical (unpaired) electrons. The van der Waals surface area contributed by atoms with Crippen LogP contribution >= 0.6 is 0 Å². The van der Waals surface area contributed by atoms with Crippen LogP contribution in [0.15, 0.2) is 42.5 Å². The first-order valence-corrected chi connectivity index (χ1v) is 6.42. The molecular weight excluding hydrogens is 241 g/mol. The first-order chi connectivity index (χ1) is 9.13. The number of hydrogen-bond donors (Lipinski definition) is 1. The zero-order chi connectivity index (χ0) is 13.4. The molecule has 2 atom stereocenters. The molecule has 2 aromatic carbocycles. The number of rotatable bonds is 1. The van der Waals surface area contributed by atoms with E-state index in [1.807, 2.05) is 25.1 Å². The Bertz CT molecular complexity index is 611. The molecule has 0 aliphatic carbocycles. The second-order valence-electron chi connectivity index (χ2n) is 5.04. The minimum atomic E-state index is -0.246. The lowest BCUT2D eigenvalue weighted by molar-refractivity contribution is 0.161. The van der Waals surface area contributed by atoms with E-state index in [0.29, 0.717) is 6.42 Å². The number of fused-ring (bicyclic) bond motifs is 1. The van der Waals surface area contributed by atoms with Crippen LogP contribution in [-0.4, -0.2) is 0 Å². The lowest BCUT2D eigenvalue weighted by Crippen LogP contribution is -2.24. The van der Waals surface area contributed by atoms with Gasteiger partial charge in [0.2, 0.25) is 0 Å². The summed E-state index contributed by atoms with van der Waals surface area (Å²) in [5, 5.41) is 0. The van der Waals surface area contributed by atoms with Gasteiger partial charge in [-0.15, -0.1) is 0 Å². The van der Waals surface area contributed by atoms with Gasteiger partial charge in [-0.05, 0) is 30.7 Å². The maximum Gasteiger partial charge on any atom is 0.126 e. The maximum absolute atomic E-state index is 13.3. The molecule has 0 amide bonds. The first kappa shape index (κ1) is 12.2. The fraction of sp³-hybridized carbons (Fsp3) is 0.250. The van der Waals surface area contributed by atoms with Crippen molar-refractivity contribution in [1.29, 1.82) is 0 Å². The van der Waals surface area contributed by atoms with Crippen molar-refractivity contribution in [2.45, 2.75) is 25.5 Å². The van der Waals surface area contributed by atoms with Crippen LogP contribution < -0.4 is 10.5 Å². The molecule has 19 heavy (non-hydrogen) atoms. The molecule has 0 bridgehead atoms. The van der Waals surface area contributed by atoms with Gasteiger partial charge in [0.05, 0.1) is 0 Å². The molecule has 3 heteroatoms. The van der Waals surface area contributed by atoms with E-state index >= 15 is 0 Å². The highest BCUT2D eigenvalue weighted by Gasteiger charge is 2.27. The first-order valence-electron chi connectivity index (χ1n) is 6.42. The van der Waals surface area contributed by atoms with Crippen LogP contribution in [0.2, 0.25) is 0 Å². The maximum atomic E-state index is 13.3. The summed E-state index contributed by atoms with van der Waals surface area (Å²) in [7, 11) is 0. The van der Waals surface area contributed by atoms with E-state index in [1.54, 1.807) is 6.07 Å². The van der Waals surface area contributed by atoms with Crippen molar-refractivity contribution >= 4 is 0 Å². The highest BCUT2D eigenvalue weighted by Crippen LogP contribution is 2.39. The van der Waals surface area contributed by atoms with Crippen molar-refractivity contribution in [2.24, 2.45) is 5.73 Å². The molecule has 0 saturated heterocycles. The van der Waals surface area contributed by atoms with Crippen molar-refractivity contribution in [2.75, 3.05) is 0 Å². The van der Waals surface area contributed by atoms with Gasteiger partial charge in [0, 0.05) is 18.0 Å². The Morgan fingerprint density at radius 3 is 2.84 bits per heavy atom. The molecule has 2 aromatic rings. The third kappa shape index (κ3) is 2.34. The van der Waals surface area contributed by atoms with Crippen molar-refractivity contribution < 1.29 is 9.13 Å². The van der Waals surface area contributed by atoms with E-state index in [9.17, 15) is 4.39 Å². The van der Waals surface area contributed by atoms with Gasteiger partial charge in [-0.2, -0.15) is 0 Å². The monoisotopic (exact) mass is 257 g/mol. The smallest absolute Gasteiger partial charge is 0.126 e. The summed E-state index contributed by atoms with van der Waals surface area (Å²) in [6.45, 7) is 2.03. The predicted octanol–water partition coefficient (Wildman–Crippen LogP) is 3.66. The van der Waals surface area contributed by atoms with Gasteiger partial charge in [0.15, 0.2) is 0 Å². The molecule has 1 aliphatic rings. The summed E-state index contributed by atoms with van der Waals surface area (Å²) >= 11 is 0. The lowest BCUT2D eigenvalue weighted by atomic mass is 9.92. The lowest BCUT2D eigenvalue weighted by Gasteiger charge is -2.30. The van der Waals surface area contributed by atoms with Crippen LogP contribution in [0, 0.1) is 12.7 Å². The van der Waals surface area contributed by atoms with E-state index < -0.39 is 0 Å². The van der Waals surface area contributed by atoms with Crippen molar-refractivity contribution in [3.8, 4) is 5.75 Å². The molecule has 0 aromatic heterocycles. The fourth-order valence-corrected chi connectivity index (χ4v) is 2.53. The van der Waals surface area contributed by atoms with E-state index in [2.05, 4.69) is 6.07 Å². The summed E-state index contributed by atoms with van der Waals surface area (Å²) in [6, 6.07) is 12.4. The fourth-order valence-electron chi connectivity index (χ4n) is 2.53. The summed E-state index contributed by atoms with van der Waals surface area (Å²) in [5.41, 5.74) is 9.25. The third-order valence-electron chi connectivity index (χ3n) is 3.52.